The summed E-state index contributed by atoms with van der Waals surface area (Å²) < 4.78 is 2.17. The normalized spacial score (nSPS) is 10.8. The third kappa shape index (κ3) is 4.08. The zero-order valence-electron chi connectivity index (χ0n) is 13.6. The second-order valence-electron chi connectivity index (χ2n) is 5.16. The molecule has 2 aromatic rings. The van der Waals surface area contributed by atoms with Gasteiger partial charge in [-0.3, -0.25) is 0 Å². The number of hydrogen-bond acceptors (Lipinski definition) is 1. The maximum absolute atomic E-state index is 3.81. The van der Waals surface area contributed by atoms with E-state index in [1.165, 1.54) is 16.9 Å². The lowest BCUT2D eigenvalue weighted by Gasteiger charge is -2.20. The van der Waals surface area contributed by atoms with Gasteiger partial charge in [-0.05, 0) is 49.8 Å². The van der Waals surface area contributed by atoms with Crippen molar-refractivity contribution in [2.75, 3.05) is 18.0 Å². The summed E-state index contributed by atoms with van der Waals surface area (Å²) in [5.74, 6) is 0. The van der Waals surface area contributed by atoms with Gasteiger partial charge in [0.1, 0.15) is 0 Å². The van der Waals surface area contributed by atoms with Gasteiger partial charge in [-0.25, -0.2) is 0 Å². The second kappa shape index (κ2) is 8.18. The van der Waals surface area contributed by atoms with Gasteiger partial charge in [0.15, 0.2) is 12.7 Å². The van der Waals surface area contributed by atoms with Gasteiger partial charge in [-0.15, -0.1) is 0 Å². The lowest BCUT2D eigenvalue weighted by Crippen LogP contribution is -2.35. The van der Waals surface area contributed by atoms with Crippen LogP contribution >= 0.6 is 0 Å². The van der Waals surface area contributed by atoms with Crippen LogP contribution in [0.3, 0.4) is 0 Å². The summed E-state index contributed by atoms with van der Waals surface area (Å²) in [5.41, 5.74) is 3.67. The second-order valence-corrected chi connectivity index (χ2v) is 5.16. The zero-order valence-corrected chi connectivity index (χ0v) is 13.6. The molecule has 0 unspecified atom stereocenters. The smallest absolute Gasteiger partial charge is 0.205 e. The molecule has 2 heteroatoms. The highest BCUT2D eigenvalue weighted by atomic mass is 15.1. The Morgan fingerprint density at radius 1 is 1.00 bits per heavy atom. The van der Waals surface area contributed by atoms with E-state index < -0.39 is 0 Å². The van der Waals surface area contributed by atoms with Crippen LogP contribution in [0.2, 0.25) is 0 Å². The molecule has 0 fully saturated rings. The molecule has 0 saturated heterocycles. The molecule has 0 spiro atoms. The summed E-state index contributed by atoms with van der Waals surface area (Å²) in [6, 6.07) is 14.9. The van der Waals surface area contributed by atoms with Crippen molar-refractivity contribution in [1.29, 1.82) is 0 Å². The molecule has 0 atom stereocenters. The molecule has 114 valence electrons. The van der Waals surface area contributed by atoms with E-state index in [-0.39, 0.29) is 0 Å². The summed E-state index contributed by atoms with van der Waals surface area (Å²) in [6.07, 6.45) is 8.29. The van der Waals surface area contributed by atoms with E-state index in [0.29, 0.717) is 0 Å². The van der Waals surface area contributed by atoms with Crippen molar-refractivity contribution < 1.29 is 4.57 Å². The van der Waals surface area contributed by atoms with Crippen LogP contribution in [-0.4, -0.2) is 13.1 Å². The molecule has 1 aromatic heterocycles. The number of allylic oxidation sites excluding steroid dienone is 1. The summed E-state index contributed by atoms with van der Waals surface area (Å²) in [4.78, 5) is 2.35. The lowest BCUT2D eigenvalue weighted by atomic mass is 10.1. The van der Waals surface area contributed by atoms with Crippen molar-refractivity contribution in [3.05, 3.63) is 72.6 Å². The van der Waals surface area contributed by atoms with Gasteiger partial charge in [0.05, 0.1) is 0 Å². The molecule has 0 aliphatic rings. The summed E-state index contributed by atoms with van der Waals surface area (Å²) in [6.45, 7) is 11.1. The van der Waals surface area contributed by atoms with Gasteiger partial charge < -0.3 is 4.90 Å². The van der Waals surface area contributed by atoms with Crippen molar-refractivity contribution in [1.82, 2.24) is 0 Å². The Balaban J connectivity index is 2.15. The van der Waals surface area contributed by atoms with Crippen LogP contribution in [0.4, 0.5) is 5.69 Å². The highest BCUT2D eigenvalue weighted by Gasteiger charge is 2.04. The number of anilines is 1. The molecule has 1 heterocycles. The Morgan fingerprint density at radius 3 is 2.36 bits per heavy atom. The van der Waals surface area contributed by atoms with Gasteiger partial charge in [0.2, 0.25) is 5.69 Å². The number of benzene rings is 1. The minimum Gasteiger partial charge on any atom is -0.372 e. The van der Waals surface area contributed by atoms with Crippen LogP contribution in [0.5, 0.6) is 0 Å². The highest BCUT2D eigenvalue weighted by Crippen LogP contribution is 2.16. The average molecular weight is 293 g/mol. The standard InChI is InChI=1S/C20H25N2/c1-4-16-22-17-8-7-9-19(22)13-10-18-11-14-20(15-12-18)21(5-2)6-3/h4,7-15,17H,1,5-6,16H2,2-3H3/q+1. The fraction of sp³-hybridized carbons (Fsp3) is 0.250. The molecule has 22 heavy (non-hydrogen) atoms. The van der Waals surface area contributed by atoms with E-state index in [4.69, 9.17) is 0 Å². The van der Waals surface area contributed by atoms with E-state index >= 15 is 0 Å². The van der Waals surface area contributed by atoms with Gasteiger partial charge in [-0.2, -0.15) is 4.57 Å². The quantitative estimate of drug-likeness (QED) is 0.549. The molecule has 2 nitrogen and oxygen atoms in total. The first kappa shape index (κ1) is 16.0. The van der Waals surface area contributed by atoms with Gasteiger partial charge in [-0.1, -0.05) is 18.7 Å². The molecule has 0 bridgehead atoms. The van der Waals surface area contributed by atoms with E-state index in [0.717, 1.165) is 19.6 Å². The zero-order chi connectivity index (χ0) is 15.8. The van der Waals surface area contributed by atoms with Crippen LogP contribution in [-0.2, 0) is 6.54 Å². The largest absolute Gasteiger partial charge is 0.372 e. The summed E-state index contributed by atoms with van der Waals surface area (Å²) in [5, 5.41) is 0. The van der Waals surface area contributed by atoms with Crippen LogP contribution in [0.25, 0.3) is 12.2 Å². The van der Waals surface area contributed by atoms with Crippen molar-refractivity contribution in [3.8, 4) is 0 Å². The number of rotatable bonds is 7. The number of aromatic nitrogens is 1. The summed E-state index contributed by atoms with van der Waals surface area (Å²) in [7, 11) is 0. The SMILES string of the molecule is C=CC[n+]1ccccc1/C=C/c1ccc(N(CC)CC)cc1. The Morgan fingerprint density at radius 2 is 1.73 bits per heavy atom. The van der Waals surface area contributed by atoms with E-state index in [1.54, 1.807) is 0 Å². The first-order valence-electron chi connectivity index (χ1n) is 7.91. The van der Waals surface area contributed by atoms with Gasteiger partial charge in [0.25, 0.3) is 0 Å². The minimum atomic E-state index is 0.821. The predicted molar refractivity (Wildman–Crippen MR) is 95.8 cm³/mol. The Hall–Kier alpha value is -2.35. The van der Waals surface area contributed by atoms with Crippen LogP contribution < -0.4 is 9.47 Å². The van der Waals surface area contributed by atoms with Crippen molar-refractivity contribution >= 4 is 17.8 Å². The lowest BCUT2D eigenvalue weighted by molar-refractivity contribution is -0.688. The molecule has 0 aliphatic heterocycles. The van der Waals surface area contributed by atoms with Crippen molar-refractivity contribution in [3.63, 3.8) is 0 Å². The molecule has 0 amide bonds. The molecular weight excluding hydrogens is 268 g/mol. The van der Waals surface area contributed by atoms with E-state index in [9.17, 15) is 0 Å². The average Bonchev–Trinajstić information content (AvgIpc) is 2.57. The van der Waals surface area contributed by atoms with Crippen LogP contribution in [0, 0.1) is 0 Å². The number of nitrogens with zero attached hydrogens (tertiary/aromatic N) is 2. The minimum absolute atomic E-state index is 0.821. The third-order valence-electron chi connectivity index (χ3n) is 3.77. The maximum Gasteiger partial charge on any atom is 0.205 e. The molecule has 0 N–H and O–H groups in total. The first-order chi connectivity index (χ1) is 10.8. The molecule has 1 aromatic carbocycles. The fourth-order valence-corrected chi connectivity index (χ4v) is 2.51. The molecule has 0 saturated carbocycles. The summed E-state index contributed by atoms with van der Waals surface area (Å²) >= 11 is 0. The van der Waals surface area contributed by atoms with Gasteiger partial charge >= 0.3 is 0 Å². The van der Waals surface area contributed by atoms with Gasteiger partial charge in [0, 0.05) is 37.0 Å². The van der Waals surface area contributed by atoms with Crippen LogP contribution in [0.1, 0.15) is 25.1 Å². The first-order valence-corrected chi connectivity index (χ1v) is 7.91. The Kier molecular flexibility index (Phi) is 5.96. The number of hydrogen-bond donors (Lipinski definition) is 0. The molecule has 0 radical (unpaired) electrons. The van der Waals surface area contributed by atoms with Crippen molar-refractivity contribution in [2.24, 2.45) is 0 Å². The Labute approximate surface area is 134 Å². The maximum atomic E-state index is 3.81. The molecule has 0 aliphatic carbocycles. The Bertz CT molecular complexity index is 622. The monoisotopic (exact) mass is 293 g/mol. The fourth-order valence-electron chi connectivity index (χ4n) is 2.51. The van der Waals surface area contributed by atoms with E-state index in [2.05, 4.69) is 84.6 Å². The van der Waals surface area contributed by atoms with E-state index in [1.807, 2.05) is 12.1 Å². The number of pyridine rings is 1. The molecule has 2 rings (SSSR count). The van der Waals surface area contributed by atoms with Crippen LogP contribution in [0.15, 0.2) is 61.3 Å². The van der Waals surface area contributed by atoms with Crippen molar-refractivity contribution in [2.45, 2.75) is 20.4 Å². The topological polar surface area (TPSA) is 7.12 Å². The highest BCUT2D eigenvalue weighted by molar-refractivity contribution is 5.68. The third-order valence-corrected chi connectivity index (χ3v) is 3.77. The molecular formula is C20H25N2+. The predicted octanol–water partition coefficient (Wildman–Crippen LogP) is 4.18.